The molecule has 2 aliphatic heterocycles. The summed E-state index contributed by atoms with van der Waals surface area (Å²) in [7, 11) is 1.60. The van der Waals surface area contributed by atoms with Gasteiger partial charge in [-0.15, -0.1) is 0 Å². The first-order chi connectivity index (χ1) is 10.9. The molecule has 0 saturated carbocycles. The molecule has 1 aromatic carbocycles. The summed E-state index contributed by atoms with van der Waals surface area (Å²) in [5, 5.41) is 0. The van der Waals surface area contributed by atoms with Crippen LogP contribution in [-0.2, 0) is 19.1 Å². The van der Waals surface area contributed by atoms with Gasteiger partial charge in [-0.05, 0) is 25.5 Å². The predicted octanol–water partition coefficient (Wildman–Crippen LogP) is 1.49. The van der Waals surface area contributed by atoms with E-state index in [1.165, 1.54) is 4.90 Å². The van der Waals surface area contributed by atoms with Gasteiger partial charge in [0.2, 0.25) is 5.91 Å². The van der Waals surface area contributed by atoms with Gasteiger partial charge in [-0.3, -0.25) is 9.59 Å². The molecule has 0 N–H and O–H groups in total. The van der Waals surface area contributed by atoms with Crippen LogP contribution in [0.2, 0.25) is 0 Å². The summed E-state index contributed by atoms with van der Waals surface area (Å²) in [6.45, 7) is 3.54. The number of para-hydroxylation sites is 1. The summed E-state index contributed by atoms with van der Waals surface area (Å²) in [6, 6.07) is 7.33. The van der Waals surface area contributed by atoms with Crippen LogP contribution in [0, 0.1) is 5.92 Å². The molecule has 1 aromatic rings. The highest BCUT2D eigenvalue weighted by Crippen LogP contribution is 2.49. The molecule has 3 rings (SSSR count). The number of esters is 1. The molecule has 0 unspecified atom stereocenters. The summed E-state index contributed by atoms with van der Waals surface area (Å²) in [6.07, 6.45) is 0.460. The number of Topliss-reactive ketones (excluding diaryl/α,β-unsaturated/α-hetero) is 1. The van der Waals surface area contributed by atoms with E-state index in [1.54, 1.807) is 14.0 Å². The van der Waals surface area contributed by atoms with E-state index in [4.69, 9.17) is 9.47 Å². The van der Waals surface area contributed by atoms with E-state index >= 15 is 0 Å². The van der Waals surface area contributed by atoms with Crippen molar-refractivity contribution in [2.24, 2.45) is 5.92 Å². The number of amides is 1. The molecule has 6 heteroatoms. The quantitative estimate of drug-likeness (QED) is 0.480. The summed E-state index contributed by atoms with van der Waals surface area (Å²) >= 11 is 0. The summed E-state index contributed by atoms with van der Waals surface area (Å²) in [4.78, 5) is 38.5. The molecule has 0 aromatic heterocycles. The van der Waals surface area contributed by atoms with Crippen molar-refractivity contribution in [2.45, 2.75) is 31.9 Å². The Labute approximate surface area is 134 Å². The standard InChI is InChI=1S/C17H19NO5/c1-4-22-16(21)14(19)13-11-9-17(2,18(3)15(13)20)23-12-8-6-5-7-10(11)12/h5-8,11,13H,4,9H2,1-3H3/t11-,13-,17-/m0/s1. The number of benzene rings is 1. The SMILES string of the molecule is CCOC(=O)C(=O)[C@H]1C(=O)N(C)[C@]2(C)C[C@H]1c1ccccc1O2. The highest BCUT2D eigenvalue weighted by atomic mass is 16.5. The molecule has 1 saturated heterocycles. The topological polar surface area (TPSA) is 72.9 Å². The fourth-order valence-electron chi connectivity index (χ4n) is 3.42. The van der Waals surface area contributed by atoms with E-state index in [1.807, 2.05) is 31.2 Å². The van der Waals surface area contributed by atoms with Crippen LogP contribution in [0.3, 0.4) is 0 Å². The lowest BCUT2D eigenvalue weighted by molar-refractivity contribution is -0.175. The van der Waals surface area contributed by atoms with Gasteiger partial charge < -0.3 is 14.4 Å². The Morgan fingerprint density at radius 3 is 2.78 bits per heavy atom. The Hall–Kier alpha value is -2.37. The lowest BCUT2D eigenvalue weighted by atomic mass is 9.72. The number of hydrogen-bond acceptors (Lipinski definition) is 5. The molecule has 2 heterocycles. The molecular formula is C17H19NO5. The maximum absolute atomic E-state index is 12.7. The Kier molecular flexibility index (Phi) is 3.62. The average molecular weight is 317 g/mol. The number of carbonyl (C=O) groups excluding carboxylic acids is 3. The van der Waals surface area contributed by atoms with Crippen molar-refractivity contribution in [3.05, 3.63) is 29.8 Å². The first kappa shape index (κ1) is 15.5. The minimum absolute atomic E-state index is 0.101. The summed E-state index contributed by atoms with van der Waals surface area (Å²) < 4.78 is 10.8. The molecule has 1 fully saturated rings. The second-order valence-electron chi connectivity index (χ2n) is 6.09. The third kappa shape index (κ3) is 2.29. The van der Waals surface area contributed by atoms with E-state index in [2.05, 4.69) is 0 Å². The molecule has 122 valence electrons. The maximum Gasteiger partial charge on any atom is 0.375 e. The minimum Gasteiger partial charge on any atom is -0.468 e. The molecular weight excluding hydrogens is 298 g/mol. The highest BCUT2D eigenvalue weighted by Gasteiger charge is 2.55. The van der Waals surface area contributed by atoms with Gasteiger partial charge in [-0.2, -0.15) is 0 Å². The van der Waals surface area contributed by atoms with Crippen molar-refractivity contribution in [2.75, 3.05) is 13.7 Å². The summed E-state index contributed by atoms with van der Waals surface area (Å²) in [5.41, 5.74) is -0.0317. The number of likely N-dealkylation sites (tertiary alicyclic amines) is 1. The van der Waals surface area contributed by atoms with Crippen LogP contribution < -0.4 is 4.74 Å². The lowest BCUT2D eigenvalue weighted by Crippen LogP contribution is -2.62. The van der Waals surface area contributed by atoms with Gasteiger partial charge in [-0.25, -0.2) is 4.79 Å². The molecule has 0 spiro atoms. The maximum atomic E-state index is 12.7. The van der Waals surface area contributed by atoms with E-state index in [9.17, 15) is 14.4 Å². The van der Waals surface area contributed by atoms with Crippen LogP contribution in [-0.4, -0.2) is 41.9 Å². The van der Waals surface area contributed by atoms with Crippen molar-refractivity contribution in [1.82, 2.24) is 4.90 Å². The molecule has 6 nitrogen and oxygen atoms in total. The lowest BCUT2D eigenvalue weighted by Gasteiger charge is -2.51. The number of ketones is 1. The third-order valence-electron chi connectivity index (χ3n) is 4.71. The number of carbonyl (C=O) groups is 3. The zero-order valence-corrected chi connectivity index (χ0v) is 13.4. The second-order valence-corrected chi connectivity index (χ2v) is 6.09. The van der Waals surface area contributed by atoms with Crippen molar-refractivity contribution in [1.29, 1.82) is 0 Å². The molecule has 0 radical (unpaired) electrons. The number of nitrogens with zero attached hydrogens (tertiary/aromatic N) is 1. The second kappa shape index (κ2) is 5.37. The largest absolute Gasteiger partial charge is 0.468 e. The first-order valence-electron chi connectivity index (χ1n) is 7.65. The Balaban J connectivity index is 2.06. The molecule has 2 aliphatic rings. The van der Waals surface area contributed by atoms with Crippen LogP contribution in [0.25, 0.3) is 0 Å². The first-order valence-corrected chi connectivity index (χ1v) is 7.65. The Morgan fingerprint density at radius 2 is 2.09 bits per heavy atom. The van der Waals surface area contributed by atoms with Crippen LogP contribution in [0.4, 0.5) is 0 Å². The van der Waals surface area contributed by atoms with Crippen molar-refractivity contribution < 1.29 is 23.9 Å². The molecule has 23 heavy (non-hydrogen) atoms. The number of rotatable bonds is 3. The average Bonchev–Trinajstić information content (AvgIpc) is 2.53. The monoisotopic (exact) mass is 317 g/mol. The zero-order valence-electron chi connectivity index (χ0n) is 13.4. The molecule has 0 aliphatic carbocycles. The molecule has 1 amide bonds. The van der Waals surface area contributed by atoms with Crippen LogP contribution in [0.15, 0.2) is 24.3 Å². The molecule has 3 atom stereocenters. The minimum atomic E-state index is -1.06. The van der Waals surface area contributed by atoms with E-state index in [-0.39, 0.29) is 12.5 Å². The molecule has 2 bridgehead atoms. The van der Waals surface area contributed by atoms with Gasteiger partial charge in [0, 0.05) is 19.4 Å². The van der Waals surface area contributed by atoms with E-state index in [0.717, 1.165) is 5.56 Å². The zero-order chi connectivity index (χ0) is 16.8. The fraction of sp³-hybridized carbons (Fsp3) is 0.471. The van der Waals surface area contributed by atoms with Crippen molar-refractivity contribution >= 4 is 17.7 Å². The predicted molar refractivity (Wildman–Crippen MR) is 80.7 cm³/mol. The fourth-order valence-corrected chi connectivity index (χ4v) is 3.42. The van der Waals surface area contributed by atoms with Gasteiger partial charge in [0.1, 0.15) is 11.7 Å². The third-order valence-corrected chi connectivity index (χ3v) is 4.71. The van der Waals surface area contributed by atoms with E-state index < -0.39 is 29.3 Å². The van der Waals surface area contributed by atoms with Gasteiger partial charge in [-0.1, -0.05) is 18.2 Å². The number of piperidine rings is 1. The summed E-state index contributed by atoms with van der Waals surface area (Å²) in [5.74, 6) is -2.94. The Morgan fingerprint density at radius 1 is 1.39 bits per heavy atom. The highest BCUT2D eigenvalue weighted by molar-refractivity contribution is 6.38. The van der Waals surface area contributed by atoms with Crippen LogP contribution in [0.1, 0.15) is 31.7 Å². The van der Waals surface area contributed by atoms with Crippen molar-refractivity contribution in [3.8, 4) is 5.75 Å². The van der Waals surface area contributed by atoms with Gasteiger partial charge >= 0.3 is 5.97 Å². The van der Waals surface area contributed by atoms with Gasteiger partial charge in [0.05, 0.1) is 6.61 Å². The number of fused-ring (bicyclic) bond motifs is 4. The van der Waals surface area contributed by atoms with Crippen LogP contribution in [0.5, 0.6) is 5.75 Å². The normalized spacial score (nSPS) is 28.7. The Bertz CT molecular complexity index is 685. The van der Waals surface area contributed by atoms with E-state index in [0.29, 0.717) is 12.2 Å². The smallest absolute Gasteiger partial charge is 0.375 e. The van der Waals surface area contributed by atoms with Gasteiger partial charge in [0.15, 0.2) is 5.72 Å². The van der Waals surface area contributed by atoms with Crippen molar-refractivity contribution in [3.63, 3.8) is 0 Å². The van der Waals surface area contributed by atoms with Crippen LogP contribution >= 0.6 is 0 Å². The number of ether oxygens (including phenoxy) is 2. The number of hydrogen-bond donors (Lipinski definition) is 0. The van der Waals surface area contributed by atoms with Gasteiger partial charge in [0.25, 0.3) is 5.78 Å².